The van der Waals surface area contributed by atoms with Gasteiger partial charge in [0.25, 0.3) is 0 Å². The maximum atomic E-state index is 6.02. The molecule has 0 saturated heterocycles. The Morgan fingerprint density at radius 2 is 1.77 bits per heavy atom. The summed E-state index contributed by atoms with van der Waals surface area (Å²) in [4.78, 5) is 0. The third kappa shape index (κ3) is 2.44. The lowest BCUT2D eigenvalue weighted by Crippen LogP contribution is -2.37. The van der Waals surface area contributed by atoms with Crippen molar-refractivity contribution in [2.24, 2.45) is 11.7 Å². The first-order valence-electron chi connectivity index (χ1n) is 5.85. The summed E-state index contributed by atoms with van der Waals surface area (Å²) in [5, 5.41) is 3.67. The van der Waals surface area contributed by atoms with Crippen LogP contribution in [0.1, 0.15) is 44.9 Å². The fourth-order valence-electron chi connectivity index (χ4n) is 2.77. The second-order valence-corrected chi connectivity index (χ2v) is 4.74. The smallest absolute Gasteiger partial charge is 0.00792 e. The lowest BCUT2D eigenvalue weighted by Gasteiger charge is -2.19. The summed E-state index contributed by atoms with van der Waals surface area (Å²) in [5.74, 6) is 0.764. The van der Waals surface area contributed by atoms with Crippen LogP contribution >= 0.6 is 0 Å². The molecule has 2 saturated carbocycles. The van der Waals surface area contributed by atoms with Crippen LogP contribution in [0.4, 0.5) is 0 Å². The highest BCUT2D eigenvalue weighted by Crippen LogP contribution is 2.24. The summed E-state index contributed by atoms with van der Waals surface area (Å²) in [6, 6.07) is 1.29. The van der Waals surface area contributed by atoms with Crippen molar-refractivity contribution < 1.29 is 0 Å². The van der Waals surface area contributed by atoms with E-state index in [1.165, 1.54) is 51.5 Å². The van der Waals surface area contributed by atoms with E-state index in [0.717, 1.165) is 12.0 Å². The fourth-order valence-corrected chi connectivity index (χ4v) is 2.77. The highest BCUT2D eigenvalue weighted by atomic mass is 14.9. The summed E-state index contributed by atoms with van der Waals surface area (Å²) >= 11 is 0. The molecule has 0 radical (unpaired) electrons. The van der Waals surface area contributed by atoms with E-state index in [1.54, 1.807) is 0 Å². The SMILES string of the molecule is NC1CCCC1CNC1CCCC1. The van der Waals surface area contributed by atoms with Gasteiger partial charge in [0.05, 0.1) is 0 Å². The molecular formula is C11H22N2. The zero-order valence-corrected chi connectivity index (χ0v) is 8.47. The summed E-state index contributed by atoms with van der Waals surface area (Å²) in [7, 11) is 0. The van der Waals surface area contributed by atoms with Gasteiger partial charge in [-0.1, -0.05) is 19.3 Å². The van der Waals surface area contributed by atoms with Crippen molar-refractivity contribution in [1.82, 2.24) is 5.32 Å². The summed E-state index contributed by atoms with van der Waals surface area (Å²) in [6.07, 6.45) is 9.57. The predicted octanol–water partition coefficient (Wildman–Crippen LogP) is 1.65. The van der Waals surface area contributed by atoms with Gasteiger partial charge < -0.3 is 11.1 Å². The molecule has 0 heterocycles. The fraction of sp³-hybridized carbons (Fsp3) is 1.00. The van der Waals surface area contributed by atoms with E-state index in [1.807, 2.05) is 0 Å². The molecule has 2 fully saturated rings. The van der Waals surface area contributed by atoms with Crippen LogP contribution in [0.25, 0.3) is 0 Å². The van der Waals surface area contributed by atoms with Gasteiger partial charge >= 0.3 is 0 Å². The molecule has 0 spiro atoms. The van der Waals surface area contributed by atoms with Crippen LogP contribution in [0.3, 0.4) is 0 Å². The van der Waals surface area contributed by atoms with Crippen molar-refractivity contribution in [3.05, 3.63) is 0 Å². The maximum Gasteiger partial charge on any atom is 0.00792 e. The van der Waals surface area contributed by atoms with E-state index in [2.05, 4.69) is 5.32 Å². The van der Waals surface area contributed by atoms with Crippen LogP contribution in [0.2, 0.25) is 0 Å². The Morgan fingerprint density at radius 1 is 1.00 bits per heavy atom. The lowest BCUT2D eigenvalue weighted by atomic mass is 10.0. The molecule has 13 heavy (non-hydrogen) atoms. The molecule has 0 aromatic heterocycles. The predicted molar refractivity (Wildman–Crippen MR) is 55.6 cm³/mol. The maximum absolute atomic E-state index is 6.02. The van der Waals surface area contributed by atoms with Gasteiger partial charge in [-0.2, -0.15) is 0 Å². The van der Waals surface area contributed by atoms with E-state index in [4.69, 9.17) is 5.73 Å². The molecule has 2 rings (SSSR count). The van der Waals surface area contributed by atoms with Gasteiger partial charge in [-0.15, -0.1) is 0 Å². The zero-order chi connectivity index (χ0) is 9.10. The van der Waals surface area contributed by atoms with Crippen molar-refractivity contribution in [2.45, 2.75) is 57.0 Å². The highest BCUT2D eigenvalue weighted by Gasteiger charge is 2.24. The minimum Gasteiger partial charge on any atom is -0.327 e. The zero-order valence-electron chi connectivity index (χ0n) is 8.47. The molecule has 3 N–H and O–H groups in total. The van der Waals surface area contributed by atoms with Gasteiger partial charge in [-0.05, 0) is 38.1 Å². The van der Waals surface area contributed by atoms with Crippen LogP contribution in [-0.4, -0.2) is 18.6 Å². The lowest BCUT2D eigenvalue weighted by molar-refractivity contribution is 0.404. The van der Waals surface area contributed by atoms with E-state index < -0.39 is 0 Å². The van der Waals surface area contributed by atoms with Gasteiger partial charge in [0.1, 0.15) is 0 Å². The minimum absolute atomic E-state index is 0.480. The van der Waals surface area contributed by atoms with Crippen LogP contribution in [-0.2, 0) is 0 Å². The summed E-state index contributed by atoms with van der Waals surface area (Å²) in [5.41, 5.74) is 6.02. The monoisotopic (exact) mass is 182 g/mol. The van der Waals surface area contributed by atoms with E-state index in [0.29, 0.717) is 6.04 Å². The van der Waals surface area contributed by atoms with Crippen molar-refractivity contribution >= 4 is 0 Å². The Balaban J connectivity index is 1.66. The number of nitrogens with one attached hydrogen (secondary N) is 1. The van der Waals surface area contributed by atoms with Crippen molar-refractivity contribution in [1.29, 1.82) is 0 Å². The van der Waals surface area contributed by atoms with Crippen LogP contribution in [0.5, 0.6) is 0 Å². The van der Waals surface area contributed by atoms with Crippen molar-refractivity contribution in [3.63, 3.8) is 0 Å². The quantitative estimate of drug-likeness (QED) is 0.696. The van der Waals surface area contributed by atoms with Gasteiger partial charge in [0.15, 0.2) is 0 Å². The third-order valence-corrected chi connectivity index (χ3v) is 3.74. The van der Waals surface area contributed by atoms with Crippen molar-refractivity contribution in [3.8, 4) is 0 Å². The molecule has 2 nitrogen and oxygen atoms in total. The first-order valence-corrected chi connectivity index (χ1v) is 5.85. The van der Waals surface area contributed by atoms with Crippen LogP contribution in [0.15, 0.2) is 0 Å². The Morgan fingerprint density at radius 3 is 2.38 bits per heavy atom. The average molecular weight is 182 g/mol. The normalized spacial score (nSPS) is 35.8. The Labute approximate surface area is 81.3 Å². The molecule has 0 aromatic carbocycles. The van der Waals surface area contributed by atoms with Gasteiger partial charge in [-0.3, -0.25) is 0 Å². The summed E-state index contributed by atoms with van der Waals surface area (Å²) in [6.45, 7) is 1.17. The highest BCUT2D eigenvalue weighted by molar-refractivity contribution is 4.83. The topological polar surface area (TPSA) is 38.0 Å². The molecule has 0 amide bonds. The van der Waals surface area contributed by atoms with Crippen molar-refractivity contribution in [2.75, 3.05) is 6.54 Å². The van der Waals surface area contributed by atoms with Gasteiger partial charge in [0.2, 0.25) is 0 Å². The molecule has 2 atom stereocenters. The largest absolute Gasteiger partial charge is 0.327 e. The van der Waals surface area contributed by atoms with Crippen LogP contribution < -0.4 is 11.1 Å². The van der Waals surface area contributed by atoms with E-state index in [-0.39, 0.29) is 0 Å². The van der Waals surface area contributed by atoms with Gasteiger partial charge in [-0.25, -0.2) is 0 Å². The Kier molecular flexibility index (Phi) is 3.23. The second kappa shape index (κ2) is 4.43. The Bertz CT molecular complexity index is 152. The molecule has 2 unspecified atom stereocenters. The second-order valence-electron chi connectivity index (χ2n) is 4.74. The molecule has 2 aliphatic carbocycles. The molecular weight excluding hydrogens is 160 g/mol. The number of nitrogens with two attached hydrogens (primary N) is 1. The van der Waals surface area contributed by atoms with Crippen LogP contribution in [0, 0.1) is 5.92 Å². The molecule has 0 aliphatic heterocycles. The molecule has 2 heteroatoms. The molecule has 0 aromatic rings. The van der Waals surface area contributed by atoms with E-state index in [9.17, 15) is 0 Å². The minimum atomic E-state index is 0.480. The summed E-state index contributed by atoms with van der Waals surface area (Å²) < 4.78 is 0. The molecule has 0 bridgehead atoms. The molecule has 2 aliphatic rings. The standard InChI is InChI=1S/C11H22N2/c12-11-7-3-4-9(11)8-13-10-5-1-2-6-10/h9-11,13H,1-8,12H2. The first kappa shape index (κ1) is 9.47. The number of rotatable bonds is 3. The average Bonchev–Trinajstić information content (AvgIpc) is 2.72. The number of hydrogen-bond donors (Lipinski definition) is 2. The van der Waals surface area contributed by atoms with E-state index >= 15 is 0 Å². The molecule has 76 valence electrons. The number of hydrogen-bond acceptors (Lipinski definition) is 2. The first-order chi connectivity index (χ1) is 6.36. The third-order valence-electron chi connectivity index (χ3n) is 3.74. The Hall–Kier alpha value is -0.0800. The van der Waals surface area contributed by atoms with Gasteiger partial charge in [0, 0.05) is 12.1 Å².